The minimum atomic E-state index is -0.472. The van der Waals surface area contributed by atoms with Crippen molar-refractivity contribution in [3.05, 3.63) is 59.7 Å². The highest BCUT2D eigenvalue weighted by Gasteiger charge is 2.22. The van der Waals surface area contributed by atoms with Gasteiger partial charge in [-0.2, -0.15) is 5.26 Å². The van der Waals surface area contributed by atoms with E-state index in [9.17, 15) is 4.79 Å². The molecule has 0 fully saturated rings. The topological polar surface area (TPSA) is 66.6 Å². The standard InChI is InChI=1S/C15H13N3O/c1-11-17-10-8-14(18-11)15(19)13(7-9-16)12-5-3-2-4-6-12/h2-6,8,10,13H,7H2,1H3. The molecule has 0 saturated carbocycles. The summed E-state index contributed by atoms with van der Waals surface area (Å²) in [4.78, 5) is 20.5. The number of nitrogens with zero attached hydrogens (tertiary/aromatic N) is 3. The molecule has 1 aromatic carbocycles. The highest BCUT2D eigenvalue weighted by atomic mass is 16.1. The highest BCUT2D eigenvalue weighted by Crippen LogP contribution is 2.23. The molecular weight excluding hydrogens is 238 g/mol. The van der Waals surface area contributed by atoms with Crippen LogP contribution in [0.5, 0.6) is 0 Å². The van der Waals surface area contributed by atoms with E-state index in [0.29, 0.717) is 11.5 Å². The van der Waals surface area contributed by atoms with Gasteiger partial charge in [-0.05, 0) is 18.6 Å². The molecule has 2 rings (SSSR count). The first-order valence-electron chi connectivity index (χ1n) is 5.98. The van der Waals surface area contributed by atoms with Crippen LogP contribution in [-0.4, -0.2) is 15.8 Å². The van der Waals surface area contributed by atoms with E-state index >= 15 is 0 Å². The number of rotatable bonds is 4. The molecule has 0 saturated heterocycles. The fourth-order valence-corrected chi connectivity index (χ4v) is 1.91. The monoisotopic (exact) mass is 251 g/mol. The number of carbonyl (C=O) groups excluding carboxylic acids is 1. The van der Waals surface area contributed by atoms with Crippen molar-refractivity contribution in [3.8, 4) is 6.07 Å². The first kappa shape index (κ1) is 12.9. The fourth-order valence-electron chi connectivity index (χ4n) is 1.91. The van der Waals surface area contributed by atoms with Crippen molar-refractivity contribution in [1.82, 2.24) is 9.97 Å². The van der Waals surface area contributed by atoms with Gasteiger partial charge in [-0.1, -0.05) is 30.3 Å². The van der Waals surface area contributed by atoms with E-state index in [2.05, 4.69) is 16.0 Å². The molecule has 0 bridgehead atoms. The average Bonchev–Trinajstić information content (AvgIpc) is 2.45. The summed E-state index contributed by atoms with van der Waals surface area (Å²) in [6.45, 7) is 1.73. The number of benzene rings is 1. The number of aryl methyl sites for hydroxylation is 1. The van der Waals surface area contributed by atoms with Gasteiger partial charge in [0.2, 0.25) is 0 Å². The van der Waals surface area contributed by atoms with Crippen molar-refractivity contribution in [2.75, 3.05) is 0 Å². The van der Waals surface area contributed by atoms with Crippen molar-refractivity contribution in [1.29, 1.82) is 5.26 Å². The zero-order chi connectivity index (χ0) is 13.7. The smallest absolute Gasteiger partial charge is 0.189 e. The van der Waals surface area contributed by atoms with Crippen LogP contribution in [0, 0.1) is 18.3 Å². The van der Waals surface area contributed by atoms with Crippen LogP contribution >= 0.6 is 0 Å². The van der Waals surface area contributed by atoms with Crippen molar-refractivity contribution in [3.63, 3.8) is 0 Å². The summed E-state index contributed by atoms with van der Waals surface area (Å²) >= 11 is 0. The van der Waals surface area contributed by atoms with E-state index in [-0.39, 0.29) is 12.2 Å². The molecule has 0 radical (unpaired) electrons. The molecule has 0 aliphatic rings. The van der Waals surface area contributed by atoms with E-state index in [1.807, 2.05) is 30.3 Å². The quantitative estimate of drug-likeness (QED) is 0.783. The minimum absolute atomic E-state index is 0.141. The second kappa shape index (κ2) is 5.87. The van der Waals surface area contributed by atoms with Crippen molar-refractivity contribution >= 4 is 5.78 Å². The summed E-state index contributed by atoms with van der Waals surface area (Å²) in [5, 5.41) is 8.91. The molecular formula is C15H13N3O. The lowest BCUT2D eigenvalue weighted by atomic mass is 9.90. The lowest BCUT2D eigenvalue weighted by molar-refractivity contribution is 0.0955. The number of Topliss-reactive ketones (excluding diaryl/α,β-unsaturated/α-hetero) is 1. The van der Waals surface area contributed by atoms with Gasteiger partial charge in [-0.3, -0.25) is 4.79 Å². The zero-order valence-corrected chi connectivity index (χ0v) is 10.6. The second-order valence-corrected chi connectivity index (χ2v) is 4.18. The second-order valence-electron chi connectivity index (χ2n) is 4.18. The van der Waals surface area contributed by atoms with Gasteiger partial charge in [-0.25, -0.2) is 9.97 Å². The van der Waals surface area contributed by atoms with E-state index in [1.54, 1.807) is 19.2 Å². The third-order valence-corrected chi connectivity index (χ3v) is 2.84. The largest absolute Gasteiger partial charge is 0.292 e. The van der Waals surface area contributed by atoms with E-state index in [0.717, 1.165) is 5.56 Å². The number of hydrogen-bond acceptors (Lipinski definition) is 4. The predicted octanol–water partition coefficient (Wildman–Crippen LogP) is 2.67. The fraction of sp³-hybridized carbons (Fsp3) is 0.200. The Labute approximate surface area is 111 Å². The average molecular weight is 251 g/mol. The van der Waals surface area contributed by atoms with Gasteiger partial charge in [0.05, 0.1) is 12.0 Å². The van der Waals surface area contributed by atoms with Gasteiger partial charge in [0.25, 0.3) is 0 Å². The lowest BCUT2D eigenvalue weighted by Gasteiger charge is -2.12. The highest BCUT2D eigenvalue weighted by molar-refractivity contribution is 5.99. The summed E-state index contributed by atoms with van der Waals surface area (Å²) in [6, 6.07) is 13.0. The molecule has 0 aliphatic heterocycles. The Kier molecular flexibility index (Phi) is 3.99. The maximum atomic E-state index is 12.4. The maximum absolute atomic E-state index is 12.4. The van der Waals surface area contributed by atoms with Gasteiger partial charge < -0.3 is 0 Å². The van der Waals surface area contributed by atoms with Gasteiger partial charge in [0.15, 0.2) is 5.78 Å². The summed E-state index contributed by atoms with van der Waals surface area (Å²) in [6.07, 6.45) is 1.70. The SMILES string of the molecule is Cc1nccc(C(=O)C(CC#N)c2ccccc2)n1. The van der Waals surface area contributed by atoms with Crippen LogP contribution < -0.4 is 0 Å². The summed E-state index contributed by atoms with van der Waals surface area (Å²) < 4.78 is 0. The molecule has 4 nitrogen and oxygen atoms in total. The molecule has 0 spiro atoms. The Balaban J connectivity index is 2.35. The van der Waals surface area contributed by atoms with Crippen molar-refractivity contribution in [2.45, 2.75) is 19.3 Å². The van der Waals surface area contributed by atoms with E-state index in [4.69, 9.17) is 5.26 Å². The van der Waals surface area contributed by atoms with Crippen molar-refractivity contribution < 1.29 is 4.79 Å². The minimum Gasteiger partial charge on any atom is -0.292 e. The number of nitriles is 1. The lowest BCUT2D eigenvalue weighted by Crippen LogP contribution is -2.14. The molecule has 1 atom stereocenters. The number of ketones is 1. The Bertz CT molecular complexity index is 617. The molecule has 1 heterocycles. The Hall–Kier alpha value is -2.54. The third-order valence-electron chi connectivity index (χ3n) is 2.84. The first-order chi connectivity index (χ1) is 9.22. The maximum Gasteiger partial charge on any atom is 0.189 e. The van der Waals surface area contributed by atoms with Gasteiger partial charge in [-0.15, -0.1) is 0 Å². The molecule has 2 aromatic rings. The zero-order valence-electron chi connectivity index (χ0n) is 10.6. The molecule has 0 amide bonds. The van der Waals surface area contributed by atoms with Crippen LogP contribution in [0.3, 0.4) is 0 Å². The first-order valence-corrected chi connectivity index (χ1v) is 5.98. The Morgan fingerprint density at radius 3 is 2.68 bits per heavy atom. The Morgan fingerprint density at radius 2 is 2.05 bits per heavy atom. The molecule has 1 aromatic heterocycles. The van der Waals surface area contributed by atoms with Crippen LogP contribution in [-0.2, 0) is 0 Å². The van der Waals surface area contributed by atoms with Crippen LogP contribution in [0.2, 0.25) is 0 Å². The summed E-state index contributed by atoms with van der Waals surface area (Å²) in [5.41, 5.74) is 1.20. The van der Waals surface area contributed by atoms with Gasteiger partial charge in [0, 0.05) is 12.6 Å². The Morgan fingerprint density at radius 1 is 1.32 bits per heavy atom. The summed E-state index contributed by atoms with van der Waals surface area (Å²) in [5.74, 6) is -0.0617. The molecule has 4 heteroatoms. The number of carbonyl (C=O) groups is 1. The van der Waals surface area contributed by atoms with Gasteiger partial charge >= 0.3 is 0 Å². The van der Waals surface area contributed by atoms with Gasteiger partial charge in [0.1, 0.15) is 11.5 Å². The molecule has 0 aliphatic carbocycles. The van der Waals surface area contributed by atoms with Crippen LogP contribution in [0.1, 0.15) is 34.2 Å². The predicted molar refractivity (Wildman–Crippen MR) is 70.5 cm³/mol. The number of aromatic nitrogens is 2. The normalized spacial score (nSPS) is 11.6. The van der Waals surface area contributed by atoms with Crippen LogP contribution in [0.25, 0.3) is 0 Å². The van der Waals surface area contributed by atoms with E-state index < -0.39 is 5.92 Å². The molecule has 94 valence electrons. The third kappa shape index (κ3) is 3.02. The van der Waals surface area contributed by atoms with E-state index in [1.165, 1.54) is 0 Å². The molecule has 19 heavy (non-hydrogen) atoms. The van der Waals surface area contributed by atoms with Crippen LogP contribution in [0.15, 0.2) is 42.6 Å². The van der Waals surface area contributed by atoms with Crippen LogP contribution in [0.4, 0.5) is 0 Å². The summed E-state index contributed by atoms with van der Waals surface area (Å²) in [7, 11) is 0. The van der Waals surface area contributed by atoms with Crippen molar-refractivity contribution in [2.24, 2.45) is 0 Å². The molecule has 0 N–H and O–H groups in total. The number of hydrogen-bond donors (Lipinski definition) is 0. The molecule has 1 unspecified atom stereocenters.